The summed E-state index contributed by atoms with van der Waals surface area (Å²) < 4.78 is 39.9. The van der Waals surface area contributed by atoms with E-state index in [9.17, 15) is 8.78 Å². The molecule has 196 valence electrons. The fourth-order valence-corrected chi connectivity index (χ4v) is 3.98. The summed E-state index contributed by atoms with van der Waals surface area (Å²) >= 11 is 0. The van der Waals surface area contributed by atoms with Crippen molar-refractivity contribution < 1.29 is 18.3 Å². The molecule has 1 unspecified atom stereocenters. The monoisotopic (exact) mass is 505 g/mol. The zero-order valence-corrected chi connectivity index (χ0v) is 21.9. The normalized spacial score (nSPS) is 12.1. The van der Waals surface area contributed by atoms with Crippen LogP contribution in [-0.4, -0.2) is 24.3 Å². The Bertz CT molecular complexity index is 1140. The molecule has 3 rings (SSSR count). The highest BCUT2D eigenvalue weighted by Crippen LogP contribution is 2.31. The molecule has 3 nitrogen and oxygen atoms in total. The van der Waals surface area contributed by atoms with Gasteiger partial charge in [-0.3, -0.25) is 4.98 Å². The van der Waals surface area contributed by atoms with Crippen LogP contribution >= 0.6 is 0 Å². The lowest BCUT2D eigenvalue weighted by Gasteiger charge is -2.11. The number of pyridine rings is 1. The third kappa shape index (κ3) is 8.64. The van der Waals surface area contributed by atoms with Gasteiger partial charge in [0.1, 0.15) is 6.61 Å². The van der Waals surface area contributed by atoms with Gasteiger partial charge < -0.3 is 9.47 Å². The minimum Gasteiger partial charge on any atom is -0.486 e. The molecule has 0 radical (unpaired) electrons. The van der Waals surface area contributed by atoms with Crippen LogP contribution in [0.5, 0.6) is 5.75 Å². The Kier molecular flexibility index (Phi) is 11.5. The Hall–Kier alpha value is -3.31. The first-order valence-electron chi connectivity index (χ1n) is 13.1. The quantitative estimate of drug-likeness (QED) is 0.152. The highest BCUT2D eigenvalue weighted by molar-refractivity contribution is 5.71. The summed E-state index contributed by atoms with van der Waals surface area (Å²) in [5.41, 5.74) is 3.58. The fraction of sp³-hybridized carbons (Fsp3) is 0.344. The first kappa shape index (κ1) is 28.3. The number of nitrogens with zero attached hydrogens (tertiary/aromatic N) is 1. The number of ether oxygens (including phenoxy) is 2. The standard InChI is InChI=1S/C32H37F2NO2/c1-4-6-10-22-36-24(3)11-8-7-9-12-28-18-17-27(23-35-28)25-13-15-26(16-14-25)29-19-20-30(37-21-5-2)32(34)31(29)33/h5,9,12-20,23-24H,2,4,6-8,10-11,21-22H2,1,3H3. The Morgan fingerprint density at radius 2 is 1.68 bits per heavy atom. The summed E-state index contributed by atoms with van der Waals surface area (Å²) in [6.07, 6.45) is 14.5. The van der Waals surface area contributed by atoms with Crippen LogP contribution in [0.1, 0.15) is 58.1 Å². The summed E-state index contributed by atoms with van der Waals surface area (Å²) in [6.45, 7) is 8.83. The summed E-state index contributed by atoms with van der Waals surface area (Å²) in [6, 6.07) is 14.3. The zero-order valence-electron chi connectivity index (χ0n) is 21.9. The smallest absolute Gasteiger partial charge is 0.201 e. The van der Waals surface area contributed by atoms with Crippen LogP contribution < -0.4 is 4.74 Å². The highest BCUT2D eigenvalue weighted by atomic mass is 19.2. The minimum atomic E-state index is -0.999. The van der Waals surface area contributed by atoms with Crippen LogP contribution in [0.3, 0.4) is 0 Å². The first-order valence-corrected chi connectivity index (χ1v) is 13.1. The molecule has 0 saturated carbocycles. The van der Waals surface area contributed by atoms with Gasteiger partial charge in [0.25, 0.3) is 0 Å². The molecule has 1 aromatic heterocycles. The molecule has 5 heteroatoms. The molecule has 0 spiro atoms. The van der Waals surface area contributed by atoms with Gasteiger partial charge in [0, 0.05) is 23.9 Å². The third-order valence-electron chi connectivity index (χ3n) is 6.14. The van der Waals surface area contributed by atoms with Crippen molar-refractivity contribution in [2.45, 2.75) is 58.5 Å². The molecule has 0 fully saturated rings. The van der Waals surface area contributed by atoms with Crippen molar-refractivity contribution in [2.24, 2.45) is 0 Å². The molecule has 0 bridgehead atoms. The van der Waals surface area contributed by atoms with Gasteiger partial charge in [0.05, 0.1) is 11.8 Å². The molecule has 2 aromatic carbocycles. The van der Waals surface area contributed by atoms with Crippen LogP contribution in [0, 0.1) is 11.6 Å². The number of allylic oxidation sites excluding steroid dienone is 1. The van der Waals surface area contributed by atoms with Crippen molar-refractivity contribution in [3.05, 3.63) is 90.8 Å². The second-order valence-electron chi connectivity index (χ2n) is 9.11. The molecule has 3 aromatic rings. The van der Waals surface area contributed by atoms with Gasteiger partial charge in [-0.25, -0.2) is 4.39 Å². The van der Waals surface area contributed by atoms with E-state index in [1.807, 2.05) is 36.5 Å². The molecule has 37 heavy (non-hydrogen) atoms. The fourth-order valence-electron chi connectivity index (χ4n) is 3.98. The van der Waals surface area contributed by atoms with Gasteiger partial charge in [-0.2, -0.15) is 4.39 Å². The summed E-state index contributed by atoms with van der Waals surface area (Å²) in [4.78, 5) is 4.54. The summed E-state index contributed by atoms with van der Waals surface area (Å²) in [5, 5.41) is 0. The van der Waals surface area contributed by atoms with E-state index in [-0.39, 0.29) is 17.9 Å². The average Bonchev–Trinajstić information content (AvgIpc) is 2.92. The second-order valence-corrected chi connectivity index (χ2v) is 9.11. The van der Waals surface area contributed by atoms with Gasteiger partial charge in [-0.1, -0.05) is 68.8 Å². The third-order valence-corrected chi connectivity index (χ3v) is 6.14. The molecule has 0 saturated heterocycles. The van der Waals surface area contributed by atoms with Crippen LogP contribution in [0.25, 0.3) is 28.3 Å². The van der Waals surface area contributed by atoms with Gasteiger partial charge >= 0.3 is 0 Å². The van der Waals surface area contributed by atoms with Crippen molar-refractivity contribution in [2.75, 3.05) is 13.2 Å². The predicted octanol–water partition coefficient (Wildman–Crippen LogP) is 9.04. The van der Waals surface area contributed by atoms with Crippen molar-refractivity contribution in [3.63, 3.8) is 0 Å². The maximum absolute atomic E-state index is 14.6. The molecule has 0 N–H and O–H groups in total. The molecule has 1 heterocycles. The second kappa shape index (κ2) is 15.1. The van der Waals surface area contributed by atoms with Crippen molar-refractivity contribution in [1.29, 1.82) is 0 Å². The number of hydrogen-bond acceptors (Lipinski definition) is 3. The predicted molar refractivity (Wildman–Crippen MR) is 149 cm³/mol. The van der Waals surface area contributed by atoms with Crippen molar-refractivity contribution in [3.8, 4) is 28.0 Å². The topological polar surface area (TPSA) is 31.4 Å². The van der Waals surface area contributed by atoms with Crippen molar-refractivity contribution in [1.82, 2.24) is 4.98 Å². The van der Waals surface area contributed by atoms with E-state index in [1.165, 1.54) is 31.1 Å². The zero-order chi connectivity index (χ0) is 26.5. The lowest BCUT2D eigenvalue weighted by atomic mass is 10.0. The Balaban J connectivity index is 1.52. The Labute approximate surface area is 219 Å². The van der Waals surface area contributed by atoms with E-state index >= 15 is 0 Å². The number of halogens is 2. The summed E-state index contributed by atoms with van der Waals surface area (Å²) in [7, 11) is 0. The molecule has 0 aliphatic heterocycles. The van der Waals surface area contributed by atoms with E-state index in [2.05, 4.69) is 31.5 Å². The van der Waals surface area contributed by atoms with E-state index in [0.717, 1.165) is 49.1 Å². The van der Waals surface area contributed by atoms with Gasteiger partial charge in [0.15, 0.2) is 11.6 Å². The SMILES string of the molecule is C=CCOc1ccc(-c2ccc(-c3ccc(C=CCCCC(C)OCCCCC)nc3)cc2)c(F)c1F. The van der Waals surface area contributed by atoms with E-state index in [1.54, 1.807) is 12.1 Å². The average molecular weight is 506 g/mol. The minimum absolute atomic E-state index is 0.112. The number of aromatic nitrogens is 1. The lowest BCUT2D eigenvalue weighted by molar-refractivity contribution is 0.0566. The molecular weight excluding hydrogens is 468 g/mol. The summed E-state index contributed by atoms with van der Waals surface area (Å²) in [5.74, 6) is -2.05. The van der Waals surface area contributed by atoms with Gasteiger partial charge in [-0.05, 0) is 68.0 Å². The largest absolute Gasteiger partial charge is 0.486 e. The van der Waals surface area contributed by atoms with Crippen LogP contribution in [0.2, 0.25) is 0 Å². The van der Waals surface area contributed by atoms with Gasteiger partial charge in [-0.15, -0.1) is 0 Å². The Morgan fingerprint density at radius 3 is 2.38 bits per heavy atom. The first-order chi connectivity index (χ1) is 18.0. The maximum Gasteiger partial charge on any atom is 0.201 e. The molecule has 0 amide bonds. The Morgan fingerprint density at radius 1 is 0.919 bits per heavy atom. The molecule has 0 aliphatic rings. The van der Waals surface area contributed by atoms with E-state index < -0.39 is 11.6 Å². The number of benzene rings is 2. The van der Waals surface area contributed by atoms with Crippen LogP contribution in [0.4, 0.5) is 8.78 Å². The van der Waals surface area contributed by atoms with Crippen LogP contribution in [-0.2, 0) is 4.74 Å². The number of rotatable bonds is 15. The molecular formula is C32H37F2NO2. The lowest BCUT2D eigenvalue weighted by Crippen LogP contribution is -2.08. The maximum atomic E-state index is 14.6. The molecule has 1 atom stereocenters. The van der Waals surface area contributed by atoms with Crippen molar-refractivity contribution >= 4 is 6.08 Å². The highest BCUT2D eigenvalue weighted by Gasteiger charge is 2.15. The van der Waals surface area contributed by atoms with E-state index in [0.29, 0.717) is 11.7 Å². The van der Waals surface area contributed by atoms with E-state index in [4.69, 9.17) is 9.47 Å². The molecule has 0 aliphatic carbocycles. The number of hydrogen-bond donors (Lipinski definition) is 0. The van der Waals surface area contributed by atoms with Crippen LogP contribution in [0.15, 0.2) is 73.5 Å². The van der Waals surface area contributed by atoms with Gasteiger partial charge in [0.2, 0.25) is 5.82 Å². The number of unbranched alkanes of at least 4 members (excludes halogenated alkanes) is 3.